The molecule has 32 valence electrons. The fourth-order valence-corrected chi connectivity index (χ4v) is 0.612. The van der Waals surface area contributed by atoms with Crippen molar-refractivity contribution in [3.8, 4) is 0 Å². The zero-order valence-electron chi connectivity index (χ0n) is 3.40. The van der Waals surface area contributed by atoms with E-state index in [9.17, 15) is 0 Å². The summed E-state index contributed by atoms with van der Waals surface area (Å²) in [5, 5.41) is 1.18. The Morgan fingerprint density at radius 2 is 2.40 bits per heavy atom. The molecule has 0 aromatic rings. The van der Waals surface area contributed by atoms with Gasteiger partial charge in [-0.2, -0.15) is 0 Å². The van der Waals surface area contributed by atoms with Crippen LogP contribution in [0.3, 0.4) is 0 Å². The summed E-state index contributed by atoms with van der Waals surface area (Å²) in [6.07, 6.45) is 0. The Morgan fingerprint density at radius 1 is 1.80 bits per heavy atom. The van der Waals surface area contributed by atoms with E-state index >= 15 is 0 Å². The summed E-state index contributed by atoms with van der Waals surface area (Å²) < 4.78 is 4.71. The fraction of sp³-hybridized carbons (Fsp3) is 1.00. The van der Waals surface area contributed by atoms with Crippen LogP contribution in [-0.2, 0) is 4.74 Å². The van der Waals surface area contributed by atoms with Crippen molar-refractivity contribution in [3.63, 3.8) is 0 Å². The summed E-state index contributed by atoms with van der Waals surface area (Å²) in [6, 6.07) is 0. The third-order valence-electron chi connectivity index (χ3n) is 0.322. The average molecular weight is 136 g/mol. The van der Waals surface area contributed by atoms with Crippen molar-refractivity contribution in [3.05, 3.63) is 0 Å². The maximum atomic E-state index is 4.71. The van der Waals surface area contributed by atoms with E-state index in [-0.39, 0.29) is 0 Å². The summed E-state index contributed by atoms with van der Waals surface area (Å²) in [7, 11) is 1.72. The molecule has 1 unspecified atom stereocenters. The summed E-state index contributed by atoms with van der Waals surface area (Å²) >= 11 is 1.72. The molecule has 0 aliphatic carbocycles. The van der Waals surface area contributed by atoms with E-state index in [4.69, 9.17) is 4.74 Å². The van der Waals surface area contributed by atoms with Crippen LogP contribution in [0.4, 0.5) is 0 Å². The molecule has 1 atom stereocenters. The number of rotatable bonds is 2. The third-order valence-corrected chi connectivity index (χ3v) is 0.816. The first-order valence-electron chi connectivity index (χ1n) is 1.61. The van der Waals surface area contributed by atoms with E-state index < -0.39 is 0 Å². The van der Waals surface area contributed by atoms with Crippen molar-refractivity contribution in [1.82, 2.24) is 0 Å². The van der Waals surface area contributed by atoms with Crippen LogP contribution in [0.2, 0.25) is 5.21 Å². The molecule has 0 bridgehead atoms. The quantitative estimate of drug-likeness (QED) is 0.473. The fourth-order valence-electron chi connectivity index (χ4n) is 0.118. The van der Waals surface area contributed by atoms with Crippen molar-refractivity contribution in [1.29, 1.82) is 0 Å². The van der Waals surface area contributed by atoms with E-state index in [2.05, 4.69) is 0 Å². The predicted molar refractivity (Wildman–Crippen MR) is 25.2 cm³/mol. The van der Waals surface area contributed by atoms with Crippen LogP contribution >= 0.6 is 0 Å². The Bertz CT molecular complexity index is 14.4. The molecule has 0 aliphatic heterocycles. The van der Waals surface area contributed by atoms with Crippen LogP contribution in [-0.4, -0.2) is 30.6 Å². The molecule has 0 spiro atoms. The topological polar surface area (TPSA) is 9.23 Å². The molecule has 0 aromatic heterocycles. The Balaban J connectivity index is 2.19. The normalized spacial score (nSPS) is 8.40. The Morgan fingerprint density at radius 3 is 2.40 bits per heavy atom. The van der Waals surface area contributed by atoms with Gasteiger partial charge in [0.05, 0.1) is 0 Å². The molecule has 0 aromatic carbocycles. The number of methoxy groups -OCH3 is 1. The van der Waals surface area contributed by atoms with Gasteiger partial charge >= 0.3 is 40.5 Å². The molecule has 2 heteroatoms. The molecular weight excluding hydrogens is 127 g/mol. The van der Waals surface area contributed by atoms with Crippen LogP contribution in [0.15, 0.2) is 0 Å². The molecule has 0 rings (SSSR count). The summed E-state index contributed by atoms with van der Waals surface area (Å²) in [6.45, 7) is 0.917. The van der Waals surface area contributed by atoms with Gasteiger partial charge in [0.1, 0.15) is 0 Å². The van der Waals surface area contributed by atoms with E-state index in [0.29, 0.717) is 0 Å². The van der Waals surface area contributed by atoms with Crippen LogP contribution in [0.1, 0.15) is 0 Å². The van der Waals surface area contributed by atoms with E-state index in [1.54, 1.807) is 24.0 Å². The molecule has 0 fully saturated rings. The molecule has 0 radical (unpaired) electrons. The van der Waals surface area contributed by atoms with Crippen LogP contribution in [0.5, 0.6) is 0 Å². The van der Waals surface area contributed by atoms with Crippen LogP contribution < -0.4 is 0 Å². The molecule has 0 saturated carbocycles. The van der Waals surface area contributed by atoms with Gasteiger partial charge in [-0.05, 0) is 0 Å². The predicted octanol–water partition coefficient (Wildman–Crippen LogP) is -0.316. The minimum absolute atomic E-state index is 0.917. The standard InChI is InChI=1S/C3H9AsO/c1-5-3-2-4/h2-4H2,1H3. The van der Waals surface area contributed by atoms with Gasteiger partial charge in [-0.1, -0.05) is 0 Å². The average Bonchev–Trinajstić information content (AvgIpc) is 1.41. The second-order valence-electron chi connectivity index (χ2n) is 0.781. The van der Waals surface area contributed by atoms with E-state index in [0.717, 1.165) is 6.61 Å². The van der Waals surface area contributed by atoms with Gasteiger partial charge in [0.25, 0.3) is 0 Å². The van der Waals surface area contributed by atoms with E-state index in [1.807, 2.05) is 0 Å². The van der Waals surface area contributed by atoms with Crippen LogP contribution in [0.25, 0.3) is 0 Å². The SMILES string of the molecule is COCC[AsH2]. The molecule has 0 saturated heterocycles. The van der Waals surface area contributed by atoms with Gasteiger partial charge in [0.2, 0.25) is 0 Å². The molecule has 0 aliphatic rings. The van der Waals surface area contributed by atoms with Crippen molar-refractivity contribution in [2.75, 3.05) is 13.7 Å². The Kier molecular flexibility index (Phi) is 4.99. The van der Waals surface area contributed by atoms with Gasteiger partial charge in [-0.25, -0.2) is 0 Å². The van der Waals surface area contributed by atoms with Gasteiger partial charge in [-0.3, -0.25) is 0 Å². The van der Waals surface area contributed by atoms with E-state index in [1.165, 1.54) is 5.21 Å². The van der Waals surface area contributed by atoms with Gasteiger partial charge in [-0.15, -0.1) is 0 Å². The second-order valence-corrected chi connectivity index (χ2v) is 1.99. The maximum absolute atomic E-state index is 4.71. The number of hydrogen-bond acceptors (Lipinski definition) is 1. The van der Waals surface area contributed by atoms with Crippen molar-refractivity contribution >= 4 is 16.9 Å². The molecular formula is C3H9AsO. The first-order chi connectivity index (χ1) is 2.41. The Hall–Kier alpha value is 0.518. The first-order valence-corrected chi connectivity index (χ1v) is 3.32. The Labute approximate surface area is 41.2 Å². The van der Waals surface area contributed by atoms with Crippen molar-refractivity contribution in [2.45, 2.75) is 5.21 Å². The molecule has 0 N–H and O–H groups in total. The zero-order valence-corrected chi connectivity index (χ0v) is 5.82. The second kappa shape index (κ2) is 4.52. The minimum atomic E-state index is 0.917. The van der Waals surface area contributed by atoms with Gasteiger partial charge in [0.15, 0.2) is 0 Å². The number of ether oxygens (including phenoxy) is 1. The van der Waals surface area contributed by atoms with Crippen molar-refractivity contribution in [2.24, 2.45) is 0 Å². The third kappa shape index (κ3) is 4.52. The monoisotopic (exact) mass is 136 g/mol. The first kappa shape index (κ1) is 5.52. The summed E-state index contributed by atoms with van der Waals surface area (Å²) in [5.74, 6) is 0. The van der Waals surface area contributed by atoms with Crippen molar-refractivity contribution < 1.29 is 4.74 Å². The molecule has 0 amide bonds. The molecule has 5 heavy (non-hydrogen) atoms. The zero-order chi connectivity index (χ0) is 4.12. The summed E-state index contributed by atoms with van der Waals surface area (Å²) in [4.78, 5) is 0. The van der Waals surface area contributed by atoms with Gasteiger partial charge < -0.3 is 0 Å². The molecule has 0 heterocycles. The molecule has 1 nitrogen and oxygen atoms in total. The van der Waals surface area contributed by atoms with Crippen LogP contribution in [0, 0.1) is 0 Å². The number of hydrogen-bond donors (Lipinski definition) is 0. The van der Waals surface area contributed by atoms with Gasteiger partial charge in [0, 0.05) is 0 Å². The summed E-state index contributed by atoms with van der Waals surface area (Å²) in [5.41, 5.74) is 0.